The lowest BCUT2D eigenvalue weighted by Crippen LogP contribution is -2.18. The highest BCUT2D eigenvalue weighted by Gasteiger charge is 2.22. The molecule has 0 aliphatic carbocycles. The Bertz CT molecular complexity index is 779. The summed E-state index contributed by atoms with van der Waals surface area (Å²) in [5.74, 6) is -0.201. The molecule has 0 fully saturated rings. The number of carbonyl (C=O) groups excluding carboxylic acids is 2. The summed E-state index contributed by atoms with van der Waals surface area (Å²) < 4.78 is 10.7. The average molecular weight is 328 g/mol. The summed E-state index contributed by atoms with van der Waals surface area (Å²) in [6.07, 6.45) is 1.34. The number of methoxy groups -OCH3 is 1. The van der Waals surface area contributed by atoms with Gasteiger partial charge in [0, 0.05) is 17.3 Å². The standard InChI is InChI=1S/C18H20N2O4/c1-18(2,3)13-10-12(23-4)5-6-15(13)24-17(22)14-9-11(16(19)21)7-8-20-14/h5-10H,1-4H3,(H2,19,21). The molecule has 2 aromatic rings. The first kappa shape index (κ1) is 17.5. The predicted molar refractivity (Wildman–Crippen MR) is 89.4 cm³/mol. The Kier molecular flexibility index (Phi) is 4.87. The lowest BCUT2D eigenvalue weighted by atomic mass is 9.86. The van der Waals surface area contributed by atoms with Crippen molar-refractivity contribution >= 4 is 11.9 Å². The zero-order chi connectivity index (χ0) is 17.9. The van der Waals surface area contributed by atoms with Crippen LogP contribution in [0.2, 0.25) is 0 Å². The van der Waals surface area contributed by atoms with Crippen LogP contribution in [0, 0.1) is 0 Å². The molecule has 0 aliphatic heterocycles. The van der Waals surface area contributed by atoms with Crippen LogP contribution in [0.1, 0.15) is 47.2 Å². The van der Waals surface area contributed by atoms with Crippen LogP contribution in [0.15, 0.2) is 36.5 Å². The van der Waals surface area contributed by atoms with E-state index in [4.69, 9.17) is 15.2 Å². The second-order valence-electron chi connectivity index (χ2n) is 6.30. The molecule has 1 amide bonds. The Balaban J connectivity index is 2.35. The molecule has 6 heteroatoms. The van der Waals surface area contributed by atoms with Gasteiger partial charge >= 0.3 is 5.97 Å². The molecule has 24 heavy (non-hydrogen) atoms. The van der Waals surface area contributed by atoms with Crippen LogP contribution in [-0.4, -0.2) is 24.0 Å². The van der Waals surface area contributed by atoms with Crippen molar-refractivity contribution in [2.45, 2.75) is 26.2 Å². The fraction of sp³-hybridized carbons (Fsp3) is 0.278. The second-order valence-corrected chi connectivity index (χ2v) is 6.30. The number of nitrogens with two attached hydrogens (primary N) is 1. The summed E-state index contributed by atoms with van der Waals surface area (Å²) in [5.41, 5.74) is 5.99. The van der Waals surface area contributed by atoms with E-state index >= 15 is 0 Å². The lowest BCUT2D eigenvalue weighted by Gasteiger charge is -2.22. The van der Waals surface area contributed by atoms with Gasteiger partial charge in [-0.1, -0.05) is 20.8 Å². The van der Waals surface area contributed by atoms with Gasteiger partial charge in [-0.3, -0.25) is 4.79 Å². The first-order valence-electron chi connectivity index (χ1n) is 7.39. The fourth-order valence-electron chi connectivity index (χ4n) is 2.16. The number of esters is 1. The third-order valence-electron chi connectivity index (χ3n) is 3.45. The zero-order valence-corrected chi connectivity index (χ0v) is 14.1. The topological polar surface area (TPSA) is 91.5 Å². The highest BCUT2D eigenvalue weighted by molar-refractivity contribution is 5.96. The number of aromatic nitrogens is 1. The van der Waals surface area contributed by atoms with Crippen molar-refractivity contribution in [3.05, 3.63) is 53.3 Å². The summed E-state index contributed by atoms with van der Waals surface area (Å²) >= 11 is 0. The number of hydrogen-bond donors (Lipinski definition) is 1. The van der Waals surface area contributed by atoms with E-state index in [9.17, 15) is 9.59 Å². The van der Waals surface area contributed by atoms with Gasteiger partial charge < -0.3 is 15.2 Å². The van der Waals surface area contributed by atoms with Gasteiger partial charge in [0.2, 0.25) is 5.91 Å². The number of amides is 1. The van der Waals surface area contributed by atoms with Crippen LogP contribution in [-0.2, 0) is 5.41 Å². The minimum atomic E-state index is -0.659. The molecule has 1 aromatic heterocycles. The summed E-state index contributed by atoms with van der Waals surface area (Å²) in [6, 6.07) is 7.97. The Hall–Kier alpha value is -2.89. The highest BCUT2D eigenvalue weighted by Crippen LogP contribution is 2.34. The minimum absolute atomic E-state index is 0.0157. The monoisotopic (exact) mass is 328 g/mol. The van der Waals surface area contributed by atoms with Crippen LogP contribution in [0.3, 0.4) is 0 Å². The molecule has 0 atom stereocenters. The molecular formula is C18H20N2O4. The van der Waals surface area contributed by atoms with Gasteiger partial charge in [0.1, 0.15) is 17.2 Å². The third kappa shape index (κ3) is 3.90. The van der Waals surface area contributed by atoms with Gasteiger partial charge in [0.25, 0.3) is 0 Å². The maximum absolute atomic E-state index is 12.4. The Morgan fingerprint density at radius 2 is 1.83 bits per heavy atom. The molecule has 0 saturated carbocycles. The Morgan fingerprint density at radius 1 is 1.12 bits per heavy atom. The van der Waals surface area contributed by atoms with E-state index in [0.29, 0.717) is 11.5 Å². The van der Waals surface area contributed by atoms with Crippen molar-refractivity contribution in [2.75, 3.05) is 7.11 Å². The smallest absolute Gasteiger partial charge is 0.362 e. The van der Waals surface area contributed by atoms with E-state index in [2.05, 4.69) is 4.98 Å². The molecule has 0 saturated heterocycles. The van der Waals surface area contributed by atoms with Crippen molar-refractivity contribution in [3.8, 4) is 11.5 Å². The van der Waals surface area contributed by atoms with Crippen molar-refractivity contribution < 1.29 is 19.1 Å². The number of primary amides is 1. The van der Waals surface area contributed by atoms with Gasteiger partial charge in [-0.25, -0.2) is 9.78 Å². The number of nitrogens with zero attached hydrogens (tertiary/aromatic N) is 1. The molecule has 0 bridgehead atoms. The van der Waals surface area contributed by atoms with E-state index in [1.807, 2.05) is 26.8 Å². The third-order valence-corrected chi connectivity index (χ3v) is 3.45. The molecule has 0 radical (unpaired) electrons. The van der Waals surface area contributed by atoms with Gasteiger partial charge in [0.15, 0.2) is 0 Å². The van der Waals surface area contributed by atoms with Crippen LogP contribution in [0.5, 0.6) is 11.5 Å². The quantitative estimate of drug-likeness (QED) is 0.688. The molecular weight excluding hydrogens is 308 g/mol. The van der Waals surface area contributed by atoms with Crippen LogP contribution in [0.4, 0.5) is 0 Å². The van der Waals surface area contributed by atoms with Crippen LogP contribution in [0.25, 0.3) is 0 Å². The minimum Gasteiger partial charge on any atom is -0.497 e. The first-order valence-corrected chi connectivity index (χ1v) is 7.39. The molecule has 2 rings (SSSR count). The van der Waals surface area contributed by atoms with Crippen molar-refractivity contribution in [1.29, 1.82) is 0 Å². The maximum Gasteiger partial charge on any atom is 0.362 e. The summed E-state index contributed by atoms with van der Waals surface area (Å²) in [4.78, 5) is 27.5. The van der Waals surface area contributed by atoms with Crippen LogP contribution >= 0.6 is 0 Å². The lowest BCUT2D eigenvalue weighted by molar-refractivity contribution is 0.0725. The summed E-state index contributed by atoms with van der Waals surface area (Å²) in [7, 11) is 1.58. The van der Waals surface area contributed by atoms with E-state index in [1.165, 1.54) is 18.3 Å². The van der Waals surface area contributed by atoms with Crippen molar-refractivity contribution in [2.24, 2.45) is 5.73 Å². The first-order chi connectivity index (χ1) is 11.2. The summed E-state index contributed by atoms with van der Waals surface area (Å²) in [5, 5.41) is 0. The number of hydrogen-bond acceptors (Lipinski definition) is 5. The van der Waals surface area contributed by atoms with E-state index < -0.39 is 11.9 Å². The largest absolute Gasteiger partial charge is 0.497 e. The van der Waals surface area contributed by atoms with Gasteiger partial charge in [-0.05, 0) is 35.7 Å². The van der Waals surface area contributed by atoms with Crippen molar-refractivity contribution in [3.63, 3.8) is 0 Å². The molecule has 6 nitrogen and oxygen atoms in total. The van der Waals surface area contributed by atoms with Gasteiger partial charge in [-0.2, -0.15) is 0 Å². The normalized spacial score (nSPS) is 11.0. The maximum atomic E-state index is 12.4. The van der Waals surface area contributed by atoms with E-state index in [-0.39, 0.29) is 16.7 Å². The molecule has 0 spiro atoms. The van der Waals surface area contributed by atoms with E-state index in [0.717, 1.165) is 5.56 Å². The summed E-state index contributed by atoms with van der Waals surface area (Å²) in [6.45, 7) is 6.02. The fourth-order valence-corrected chi connectivity index (χ4v) is 2.16. The number of carbonyl (C=O) groups is 2. The number of pyridine rings is 1. The number of rotatable bonds is 4. The zero-order valence-electron chi connectivity index (χ0n) is 14.1. The predicted octanol–water partition coefficient (Wildman–Crippen LogP) is 2.71. The highest BCUT2D eigenvalue weighted by atomic mass is 16.5. The molecule has 1 aromatic carbocycles. The molecule has 0 aliphatic rings. The van der Waals surface area contributed by atoms with Gasteiger partial charge in [-0.15, -0.1) is 0 Å². The number of ether oxygens (including phenoxy) is 2. The van der Waals surface area contributed by atoms with Crippen molar-refractivity contribution in [1.82, 2.24) is 4.98 Å². The van der Waals surface area contributed by atoms with Gasteiger partial charge in [0.05, 0.1) is 7.11 Å². The molecule has 0 unspecified atom stereocenters. The second kappa shape index (κ2) is 6.70. The average Bonchev–Trinajstić information content (AvgIpc) is 2.54. The molecule has 126 valence electrons. The van der Waals surface area contributed by atoms with Crippen LogP contribution < -0.4 is 15.2 Å². The van der Waals surface area contributed by atoms with E-state index in [1.54, 1.807) is 19.2 Å². The molecule has 2 N–H and O–H groups in total. The Labute approximate surface area is 140 Å². The molecule has 1 heterocycles. The Morgan fingerprint density at radius 3 is 2.42 bits per heavy atom. The SMILES string of the molecule is COc1ccc(OC(=O)c2cc(C(N)=O)ccn2)c(C(C)(C)C)c1. The number of benzene rings is 1.